The average molecular weight is 423 g/mol. The number of ether oxygens (including phenoxy) is 2. The Balaban J connectivity index is 1.85. The molecule has 0 heterocycles. The molecule has 0 aromatic carbocycles. The summed E-state index contributed by atoms with van der Waals surface area (Å²) >= 11 is 5.75. The minimum atomic E-state index is -0.852. The summed E-state index contributed by atoms with van der Waals surface area (Å²) in [6, 6.07) is 0. The van der Waals surface area contributed by atoms with Crippen LogP contribution in [0.15, 0.2) is 12.2 Å². The Labute approximate surface area is 177 Å². The maximum atomic E-state index is 13.6. The lowest BCUT2D eigenvalue weighted by Crippen LogP contribution is -2.70. The SMILES string of the molecule is C=C1C(=O)C23CC[C@H]1CC2C1(C(=O)OC)CCC[C@H](C)C1C[C@H]3OC(=O)CCCl. The molecule has 5 fully saturated rings. The molecule has 160 valence electrons. The van der Waals surface area contributed by atoms with Crippen LogP contribution in [-0.2, 0) is 23.9 Å². The van der Waals surface area contributed by atoms with Crippen molar-refractivity contribution in [3.8, 4) is 0 Å². The molecule has 5 aliphatic carbocycles. The first-order valence-electron chi connectivity index (χ1n) is 10.9. The summed E-state index contributed by atoms with van der Waals surface area (Å²) in [5.74, 6) is -0.0273. The van der Waals surface area contributed by atoms with E-state index in [1.807, 2.05) is 0 Å². The molecular weight excluding hydrogens is 392 g/mol. The number of rotatable bonds is 4. The second-order valence-corrected chi connectivity index (χ2v) is 9.96. The molecule has 0 N–H and O–H groups in total. The first kappa shape index (κ1) is 20.9. The molecule has 0 aromatic heterocycles. The van der Waals surface area contributed by atoms with Crippen molar-refractivity contribution >= 4 is 29.3 Å². The number of hydrogen-bond donors (Lipinski definition) is 0. The Bertz CT molecular complexity index is 748. The van der Waals surface area contributed by atoms with Crippen LogP contribution in [0.2, 0.25) is 0 Å². The van der Waals surface area contributed by atoms with Crippen molar-refractivity contribution in [1.29, 1.82) is 0 Å². The van der Waals surface area contributed by atoms with E-state index in [4.69, 9.17) is 21.1 Å². The highest BCUT2D eigenvalue weighted by Gasteiger charge is 2.73. The zero-order chi connectivity index (χ0) is 21.0. The van der Waals surface area contributed by atoms with E-state index in [0.29, 0.717) is 24.3 Å². The van der Waals surface area contributed by atoms with Crippen LogP contribution in [0.3, 0.4) is 0 Å². The quantitative estimate of drug-likeness (QED) is 0.388. The van der Waals surface area contributed by atoms with Crippen LogP contribution in [0.5, 0.6) is 0 Å². The summed E-state index contributed by atoms with van der Waals surface area (Å²) in [5, 5.41) is 0. The van der Waals surface area contributed by atoms with Gasteiger partial charge in [0, 0.05) is 5.88 Å². The summed E-state index contributed by atoms with van der Waals surface area (Å²) in [5.41, 5.74) is -0.875. The first-order chi connectivity index (χ1) is 13.8. The van der Waals surface area contributed by atoms with E-state index < -0.39 is 16.9 Å². The highest BCUT2D eigenvalue weighted by atomic mass is 35.5. The van der Waals surface area contributed by atoms with E-state index in [9.17, 15) is 14.4 Å². The van der Waals surface area contributed by atoms with E-state index >= 15 is 0 Å². The van der Waals surface area contributed by atoms with Gasteiger partial charge in [0.25, 0.3) is 0 Å². The van der Waals surface area contributed by atoms with Gasteiger partial charge < -0.3 is 9.47 Å². The number of halogens is 1. The number of esters is 2. The van der Waals surface area contributed by atoms with Crippen molar-refractivity contribution in [2.75, 3.05) is 13.0 Å². The van der Waals surface area contributed by atoms with Crippen molar-refractivity contribution in [2.45, 2.75) is 64.4 Å². The third-order valence-corrected chi connectivity index (χ3v) is 8.85. The molecule has 0 saturated heterocycles. The Morgan fingerprint density at radius 3 is 2.69 bits per heavy atom. The van der Waals surface area contributed by atoms with Gasteiger partial charge in [-0.25, -0.2) is 0 Å². The largest absolute Gasteiger partial charge is 0.469 e. The number of allylic oxidation sites excluding steroid dienone is 1. The van der Waals surface area contributed by atoms with Crippen LogP contribution >= 0.6 is 11.6 Å². The minimum absolute atomic E-state index is 0.00799. The number of carbonyl (C=O) groups excluding carboxylic acids is 3. The van der Waals surface area contributed by atoms with E-state index in [2.05, 4.69) is 13.5 Å². The lowest BCUT2D eigenvalue weighted by atomic mass is 9.37. The van der Waals surface area contributed by atoms with Gasteiger partial charge in [0.1, 0.15) is 6.10 Å². The fourth-order valence-corrected chi connectivity index (χ4v) is 7.59. The second kappa shape index (κ2) is 7.40. The molecule has 5 aliphatic rings. The lowest BCUT2D eigenvalue weighted by Gasteiger charge is -2.66. The first-order valence-corrected chi connectivity index (χ1v) is 11.4. The topological polar surface area (TPSA) is 69.7 Å². The van der Waals surface area contributed by atoms with Crippen LogP contribution < -0.4 is 0 Å². The van der Waals surface area contributed by atoms with Crippen LogP contribution in [0.4, 0.5) is 0 Å². The molecule has 1 spiro atoms. The molecule has 29 heavy (non-hydrogen) atoms. The van der Waals surface area contributed by atoms with Gasteiger partial charge in [0.2, 0.25) is 0 Å². The lowest BCUT2D eigenvalue weighted by molar-refractivity contribution is -0.225. The normalized spacial score (nSPS) is 43.3. The molecule has 0 amide bonds. The molecular formula is C23H31ClO5. The number of fused-ring (bicyclic) bond motifs is 3. The van der Waals surface area contributed by atoms with E-state index in [1.165, 1.54) is 7.11 Å². The third kappa shape index (κ3) is 2.75. The standard InChI is InChI=1S/C23H31ClO5/c1-13-5-4-8-22(21(27)28-3)16(13)12-18(29-19(25)7-10-24)23-9-6-15(11-17(22)23)14(2)20(23)26/h13,15-18H,2,4-12H2,1,3H3/t13-,15-,16?,17?,18+,22?,23?/m0/s1. The number of Topliss-reactive ketones (excluding diaryl/α,β-unsaturated/α-hetero) is 1. The predicted molar refractivity (Wildman–Crippen MR) is 108 cm³/mol. The Kier molecular flexibility index (Phi) is 5.33. The maximum absolute atomic E-state index is 13.6. The Morgan fingerprint density at radius 1 is 1.24 bits per heavy atom. The minimum Gasteiger partial charge on any atom is -0.469 e. The van der Waals surface area contributed by atoms with Gasteiger partial charge in [-0.2, -0.15) is 0 Å². The van der Waals surface area contributed by atoms with Crippen molar-refractivity contribution in [3.63, 3.8) is 0 Å². The summed E-state index contributed by atoms with van der Waals surface area (Å²) < 4.78 is 11.3. The molecule has 6 heteroatoms. The van der Waals surface area contributed by atoms with Gasteiger partial charge in [-0.3, -0.25) is 14.4 Å². The van der Waals surface area contributed by atoms with E-state index in [-0.39, 0.29) is 47.8 Å². The van der Waals surface area contributed by atoms with Crippen LogP contribution in [0, 0.1) is 34.5 Å². The van der Waals surface area contributed by atoms with Crippen LogP contribution in [-0.4, -0.2) is 36.8 Å². The number of methoxy groups -OCH3 is 1. The van der Waals surface area contributed by atoms with E-state index in [0.717, 1.165) is 32.1 Å². The van der Waals surface area contributed by atoms with Crippen molar-refractivity contribution < 1.29 is 23.9 Å². The number of hydrogen-bond acceptors (Lipinski definition) is 5. The Morgan fingerprint density at radius 2 is 2.00 bits per heavy atom. The molecule has 4 unspecified atom stereocenters. The second-order valence-electron chi connectivity index (χ2n) is 9.58. The van der Waals surface area contributed by atoms with Crippen molar-refractivity contribution in [3.05, 3.63) is 12.2 Å². The zero-order valence-corrected chi connectivity index (χ0v) is 18.1. The fraction of sp³-hybridized carbons (Fsp3) is 0.783. The van der Waals surface area contributed by atoms with Gasteiger partial charge in [-0.1, -0.05) is 26.3 Å². The average Bonchev–Trinajstić information content (AvgIpc) is 2.71. The molecule has 5 nitrogen and oxygen atoms in total. The highest BCUT2D eigenvalue weighted by Crippen LogP contribution is 2.70. The van der Waals surface area contributed by atoms with Crippen molar-refractivity contribution in [2.24, 2.45) is 34.5 Å². The summed E-state index contributed by atoms with van der Waals surface area (Å²) in [6.07, 6.45) is 5.15. The molecule has 0 aromatic rings. The van der Waals surface area contributed by atoms with Crippen LogP contribution in [0.25, 0.3) is 0 Å². The van der Waals surface area contributed by atoms with Gasteiger partial charge in [-0.15, -0.1) is 11.6 Å². The number of ketones is 1. The smallest absolute Gasteiger partial charge is 0.312 e. The van der Waals surface area contributed by atoms with Crippen molar-refractivity contribution in [1.82, 2.24) is 0 Å². The molecule has 2 bridgehead atoms. The number of alkyl halides is 1. The summed E-state index contributed by atoms with van der Waals surface area (Å²) in [4.78, 5) is 39.4. The Hall–Kier alpha value is -1.36. The maximum Gasteiger partial charge on any atom is 0.312 e. The summed E-state index contributed by atoms with van der Waals surface area (Å²) in [7, 11) is 1.45. The summed E-state index contributed by atoms with van der Waals surface area (Å²) in [6.45, 7) is 6.27. The van der Waals surface area contributed by atoms with Crippen LogP contribution in [0.1, 0.15) is 58.3 Å². The fourth-order valence-electron chi connectivity index (χ4n) is 7.43. The number of carbonyl (C=O) groups is 3. The highest BCUT2D eigenvalue weighted by molar-refractivity contribution is 6.18. The monoisotopic (exact) mass is 422 g/mol. The third-order valence-electron chi connectivity index (χ3n) is 8.66. The van der Waals surface area contributed by atoms with Gasteiger partial charge in [-0.05, 0) is 61.3 Å². The van der Waals surface area contributed by atoms with Gasteiger partial charge in [0.05, 0.1) is 24.4 Å². The molecule has 0 radical (unpaired) electrons. The van der Waals surface area contributed by atoms with Gasteiger partial charge in [0.15, 0.2) is 5.78 Å². The van der Waals surface area contributed by atoms with E-state index in [1.54, 1.807) is 0 Å². The molecule has 0 aliphatic heterocycles. The molecule has 7 atom stereocenters. The molecule has 5 rings (SSSR count). The van der Waals surface area contributed by atoms with Gasteiger partial charge >= 0.3 is 11.9 Å². The zero-order valence-electron chi connectivity index (χ0n) is 17.4. The predicted octanol–water partition coefficient (Wildman–Crippen LogP) is 4.07. The molecule has 5 saturated carbocycles.